The Labute approximate surface area is 75.6 Å². The zero-order valence-electron chi connectivity index (χ0n) is 8.34. The predicted octanol–water partition coefficient (Wildman–Crippen LogP) is 1.95. The molecule has 0 aromatic carbocycles. The summed E-state index contributed by atoms with van der Waals surface area (Å²) in [6.45, 7) is 4.94. The molecule has 0 saturated heterocycles. The molecule has 0 rings (SSSR count). The summed E-state index contributed by atoms with van der Waals surface area (Å²) in [6, 6.07) is 0. The Morgan fingerprint density at radius 1 is 1.00 bits per heavy atom. The molecule has 0 bridgehead atoms. The zero-order valence-corrected chi connectivity index (χ0v) is 8.34. The predicted molar refractivity (Wildman–Crippen MR) is 51.0 cm³/mol. The minimum Gasteiger partial charge on any atom is -0.396 e. The van der Waals surface area contributed by atoms with Gasteiger partial charge in [-0.15, -0.1) is 0 Å². The second-order valence-electron chi connectivity index (χ2n) is 3.82. The maximum atomic E-state index is 8.84. The summed E-state index contributed by atoms with van der Waals surface area (Å²) in [6.07, 6.45) is 5.07. The highest BCUT2D eigenvalue weighted by atomic mass is 16.3. The molecule has 0 aliphatic carbocycles. The molecule has 2 N–H and O–H groups in total. The van der Waals surface area contributed by atoms with Gasteiger partial charge in [-0.3, -0.25) is 0 Å². The van der Waals surface area contributed by atoms with Crippen LogP contribution in [0.3, 0.4) is 0 Å². The van der Waals surface area contributed by atoms with Gasteiger partial charge in [0.15, 0.2) is 0 Å². The number of aliphatic hydroxyl groups is 2. The number of hydrogen-bond acceptors (Lipinski definition) is 2. The highest BCUT2D eigenvalue weighted by Crippen LogP contribution is 2.31. The fourth-order valence-corrected chi connectivity index (χ4v) is 1.41. The first kappa shape index (κ1) is 11.9. The lowest BCUT2D eigenvalue weighted by Crippen LogP contribution is -2.17. The molecule has 0 spiro atoms. The first-order chi connectivity index (χ1) is 5.68. The molecule has 0 saturated carbocycles. The molecular formula is C10H22O2. The summed E-state index contributed by atoms with van der Waals surface area (Å²) in [7, 11) is 0. The first-order valence-corrected chi connectivity index (χ1v) is 4.90. The van der Waals surface area contributed by atoms with Crippen molar-refractivity contribution in [2.75, 3.05) is 13.2 Å². The molecule has 0 aromatic heterocycles. The standard InChI is InChI=1S/C10H22O2/c1-3-10(2,7-9-12)6-4-5-8-11/h11-12H,3-9H2,1-2H3. The van der Waals surface area contributed by atoms with E-state index in [1.165, 1.54) is 0 Å². The van der Waals surface area contributed by atoms with Crippen LogP contribution in [-0.2, 0) is 0 Å². The van der Waals surface area contributed by atoms with Crippen molar-refractivity contribution in [1.82, 2.24) is 0 Å². The SMILES string of the molecule is CCC(C)(CCO)CCCCO. The van der Waals surface area contributed by atoms with Crippen LogP contribution in [0.5, 0.6) is 0 Å². The Bertz CT molecular complexity index is 104. The van der Waals surface area contributed by atoms with Gasteiger partial charge in [-0.25, -0.2) is 0 Å². The third-order valence-corrected chi connectivity index (χ3v) is 2.76. The van der Waals surface area contributed by atoms with Crippen molar-refractivity contribution in [3.63, 3.8) is 0 Å². The molecular weight excluding hydrogens is 152 g/mol. The molecule has 0 aliphatic heterocycles. The molecule has 2 nitrogen and oxygen atoms in total. The fraction of sp³-hybridized carbons (Fsp3) is 1.00. The maximum Gasteiger partial charge on any atom is 0.0436 e. The van der Waals surface area contributed by atoms with Gasteiger partial charge in [-0.2, -0.15) is 0 Å². The highest BCUT2D eigenvalue weighted by Gasteiger charge is 2.20. The minimum atomic E-state index is 0.281. The molecule has 0 amide bonds. The molecule has 0 fully saturated rings. The van der Waals surface area contributed by atoms with E-state index >= 15 is 0 Å². The second-order valence-corrected chi connectivity index (χ2v) is 3.82. The minimum absolute atomic E-state index is 0.281. The van der Waals surface area contributed by atoms with E-state index in [-0.39, 0.29) is 12.0 Å². The van der Waals surface area contributed by atoms with E-state index in [2.05, 4.69) is 13.8 Å². The summed E-state index contributed by atoms with van der Waals surface area (Å²) in [4.78, 5) is 0. The van der Waals surface area contributed by atoms with Crippen molar-refractivity contribution in [2.45, 2.75) is 46.0 Å². The summed E-state index contributed by atoms with van der Waals surface area (Å²) in [5.41, 5.74) is 0.282. The molecule has 12 heavy (non-hydrogen) atoms. The van der Waals surface area contributed by atoms with Crippen molar-refractivity contribution in [1.29, 1.82) is 0 Å². The monoisotopic (exact) mass is 174 g/mol. The van der Waals surface area contributed by atoms with Crippen LogP contribution in [0.15, 0.2) is 0 Å². The van der Waals surface area contributed by atoms with Gasteiger partial charge in [0, 0.05) is 13.2 Å². The fourth-order valence-electron chi connectivity index (χ4n) is 1.41. The average molecular weight is 174 g/mol. The molecule has 0 aliphatic rings. The molecule has 0 heterocycles. The molecule has 1 atom stereocenters. The van der Waals surface area contributed by atoms with Gasteiger partial charge < -0.3 is 10.2 Å². The van der Waals surface area contributed by atoms with Crippen LogP contribution in [-0.4, -0.2) is 23.4 Å². The van der Waals surface area contributed by atoms with Gasteiger partial charge in [0.05, 0.1) is 0 Å². The van der Waals surface area contributed by atoms with E-state index in [1.54, 1.807) is 0 Å². The Morgan fingerprint density at radius 2 is 1.67 bits per heavy atom. The van der Waals surface area contributed by atoms with Crippen LogP contribution in [0.4, 0.5) is 0 Å². The van der Waals surface area contributed by atoms with Crippen LogP contribution in [0.2, 0.25) is 0 Å². The van der Waals surface area contributed by atoms with Crippen molar-refractivity contribution < 1.29 is 10.2 Å². The van der Waals surface area contributed by atoms with Crippen LogP contribution >= 0.6 is 0 Å². The third-order valence-electron chi connectivity index (χ3n) is 2.76. The van der Waals surface area contributed by atoms with Crippen molar-refractivity contribution in [2.24, 2.45) is 5.41 Å². The van der Waals surface area contributed by atoms with Crippen molar-refractivity contribution in [3.05, 3.63) is 0 Å². The van der Waals surface area contributed by atoms with Gasteiger partial charge in [0.2, 0.25) is 0 Å². The van der Waals surface area contributed by atoms with E-state index in [0.29, 0.717) is 6.61 Å². The number of aliphatic hydroxyl groups excluding tert-OH is 2. The summed E-state index contributed by atoms with van der Waals surface area (Å²) < 4.78 is 0. The van der Waals surface area contributed by atoms with Crippen LogP contribution in [0.1, 0.15) is 46.0 Å². The third kappa shape index (κ3) is 4.73. The van der Waals surface area contributed by atoms with Crippen LogP contribution < -0.4 is 0 Å². The zero-order chi connectivity index (χ0) is 9.45. The summed E-state index contributed by atoms with van der Waals surface area (Å²) >= 11 is 0. The molecule has 0 radical (unpaired) electrons. The highest BCUT2D eigenvalue weighted by molar-refractivity contribution is 4.71. The van der Waals surface area contributed by atoms with E-state index in [0.717, 1.165) is 32.1 Å². The van der Waals surface area contributed by atoms with Gasteiger partial charge in [0.25, 0.3) is 0 Å². The van der Waals surface area contributed by atoms with Gasteiger partial charge in [-0.05, 0) is 24.7 Å². The average Bonchev–Trinajstić information content (AvgIpc) is 2.06. The lowest BCUT2D eigenvalue weighted by atomic mass is 9.80. The Morgan fingerprint density at radius 3 is 2.08 bits per heavy atom. The smallest absolute Gasteiger partial charge is 0.0436 e. The number of rotatable bonds is 7. The number of unbranched alkanes of at least 4 members (excludes halogenated alkanes) is 1. The number of hydrogen-bond donors (Lipinski definition) is 2. The maximum absolute atomic E-state index is 8.84. The molecule has 74 valence electrons. The Kier molecular flexibility index (Phi) is 6.39. The van der Waals surface area contributed by atoms with E-state index in [9.17, 15) is 0 Å². The second kappa shape index (κ2) is 6.44. The largest absolute Gasteiger partial charge is 0.396 e. The molecule has 2 heteroatoms. The Balaban J connectivity index is 3.63. The lowest BCUT2D eigenvalue weighted by molar-refractivity contribution is 0.172. The lowest BCUT2D eigenvalue weighted by Gasteiger charge is -2.27. The van der Waals surface area contributed by atoms with Crippen molar-refractivity contribution >= 4 is 0 Å². The van der Waals surface area contributed by atoms with E-state index in [1.807, 2.05) is 0 Å². The van der Waals surface area contributed by atoms with Gasteiger partial charge in [0.1, 0.15) is 0 Å². The van der Waals surface area contributed by atoms with Crippen LogP contribution in [0.25, 0.3) is 0 Å². The van der Waals surface area contributed by atoms with E-state index in [4.69, 9.17) is 10.2 Å². The van der Waals surface area contributed by atoms with Crippen molar-refractivity contribution in [3.8, 4) is 0 Å². The summed E-state index contributed by atoms with van der Waals surface area (Å²) in [5, 5.41) is 17.5. The normalized spacial score (nSPS) is 16.0. The Hall–Kier alpha value is -0.0800. The van der Waals surface area contributed by atoms with Crippen LogP contribution in [0, 0.1) is 5.41 Å². The van der Waals surface area contributed by atoms with Gasteiger partial charge in [-0.1, -0.05) is 26.7 Å². The first-order valence-electron chi connectivity index (χ1n) is 4.90. The topological polar surface area (TPSA) is 40.5 Å². The van der Waals surface area contributed by atoms with Gasteiger partial charge >= 0.3 is 0 Å². The summed E-state index contributed by atoms with van der Waals surface area (Å²) in [5.74, 6) is 0. The quantitative estimate of drug-likeness (QED) is 0.579. The molecule has 0 aromatic rings. The molecule has 1 unspecified atom stereocenters. The van der Waals surface area contributed by atoms with E-state index < -0.39 is 0 Å².